The van der Waals surface area contributed by atoms with Crippen molar-refractivity contribution in [3.63, 3.8) is 0 Å². The molecule has 18 heteroatoms. The van der Waals surface area contributed by atoms with Gasteiger partial charge in [0.1, 0.15) is 79.4 Å². The summed E-state index contributed by atoms with van der Waals surface area (Å²) >= 11 is 0. The van der Waals surface area contributed by atoms with Crippen molar-refractivity contribution >= 4 is 0 Å². The Labute approximate surface area is 227 Å². The summed E-state index contributed by atoms with van der Waals surface area (Å²) in [6, 6.07) is 0. The lowest BCUT2D eigenvalue weighted by atomic mass is 9.97. The van der Waals surface area contributed by atoms with Crippen molar-refractivity contribution in [2.24, 2.45) is 0 Å². The highest BCUT2D eigenvalue weighted by molar-refractivity contribution is 4.95. The molecular formula is C22H38O18. The summed E-state index contributed by atoms with van der Waals surface area (Å²) in [6.07, 6.45) is -29.2. The molecule has 0 saturated carbocycles. The van der Waals surface area contributed by atoms with E-state index in [0.29, 0.717) is 0 Å². The van der Waals surface area contributed by atoms with Crippen molar-refractivity contribution in [2.45, 2.75) is 118 Å². The van der Waals surface area contributed by atoms with Gasteiger partial charge >= 0.3 is 0 Å². The molecule has 0 aromatic rings. The van der Waals surface area contributed by atoms with Crippen molar-refractivity contribution in [1.29, 1.82) is 0 Å². The molecule has 40 heavy (non-hydrogen) atoms. The van der Waals surface area contributed by atoms with Crippen LogP contribution in [0.5, 0.6) is 0 Å². The van der Waals surface area contributed by atoms with Crippen LogP contribution in [0, 0.1) is 0 Å². The molecule has 0 aliphatic carbocycles. The molecule has 0 bridgehead atoms. The van der Waals surface area contributed by atoms with E-state index in [1.807, 2.05) is 0 Å². The Hall–Kier alpha value is -0.720. The fourth-order valence-electron chi connectivity index (χ4n) is 4.88. The fourth-order valence-corrected chi connectivity index (χ4v) is 4.88. The zero-order valence-corrected chi connectivity index (χ0v) is 21.3. The highest BCUT2D eigenvalue weighted by Gasteiger charge is 2.53. The molecule has 4 aliphatic rings. The van der Waals surface area contributed by atoms with Crippen LogP contribution in [-0.4, -0.2) is 187 Å². The lowest BCUT2D eigenvalue weighted by molar-refractivity contribution is -0.391. The third-order valence-electron chi connectivity index (χ3n) is 7.38. The molecule has 4 aliphatic heterocycles. The first-order valence-corrected chi connectivity index (χ1v) is 12.8. The van der Waals surface area contributed by atoms with E-state index >= 15 is 0 Å². The van der Waals surface area contributed by atoms with Crippen LogP contribution >= 0.6 is 0 Å². The van der Waals surface area contributed by atoms with Crippen LogP contribution in [-0.2, 0) is 33.2 Å². The Bertz CT molecular complexity index is 808. The molecule has 4 saturated heterocycles. The summed E-state index contributed by atoms with van der Waals surface area (Å²) in [7, 11) is 0. The molecule has 18 nitrogen and oxygen atoms in total. The summed E-state index contributed by atoms with van der Waals surface area (Å²) in [6.45, 7) is -0.344. The summed E-state index contributed by atoms with van der Waals surface area (Å²) in [5.41, 5.74) is 0. The predicted molar refractivity (Wildman–Crippen MR) is 120 cm³/mol. The first-order chi connectivity index (χ1) is 18.8. The third-order valence-corrected chi connectivity index (χ3v) is 7.38. The maximum absolute atomic E-state index is 10.8. The monoisotopic (exact) mass is 590 g/mol. The van der Waals surface area contributed by atoms with E-state index in [1.165, 1.54) is 6.92 Å². The first-order valence-electron chi connectivity index (χ1n) is 12.8. The summed E-state index contributed by atoms with van der Waals surface area (Å²) in [5, 5.41) is 112. The topological polar surface area (TPSA) is 287 Å². The van der Waals surface area contributed by atoms with Crippen LogP contribution in [0.3, 0.4) is 0 Å². The molecule has 4 fully saturated rings. The van der Waals surface area contributed by atoms with Crippen molar-refractivity contribution in [3.05, 3.63) is 0 Å². The van der Waals surface area contributed by atoms with Gasteiger partial charge in [-0.1, -0.05) is 0 Å². The van der Waals surface area contributed by atoms with Gasteiger partial charge in [-0.2, -0.15) is 0 Å². The molecule has 11 N–H and O–H groups in total. The number of ether oxygens (including phenoxy) is 7. The third kappa shape index (κ3) is 6.44. The molecular weight excluding hydrogens is 552 g/mol. The van der Waals surface area contributed by atoms with Gasteiger partial charge in [-0.25, -0.2) is 0 Å². The summed E-state index contributed by atoms with van der Waals surface area (Å²) in [4.78, 5) is 0. The molecule has 0 radical (unpaired) electrons. The number of aliphatic hydroxyl groups excluding tert-OH is 11. The molecule has 0 aromatic heterocycles. The second-order valence-corrected chi connectivity index (χ2v) is 10.2. The van der Waals surface area contributed by atoms with Crippen molar-refractivity contribution in [1.82, 2.24) is 0 Å². The fraction of sp³-hybridized carbons (Fsp3) is 1.00. The Balaban J connectivity index is 1.55. The zero-order valence-electron chi connectivity index (χ0n) is 21.3. The second-order valence-electron chi connectivity index (χ2n) is 10.2. The number of rotatable bonds is 7. The largest absolute Gasteiger partial charge is 0.394 e. The molecule has 4 heterocycles. The lowest BCUT2D eigenvalue weighted by Gasteiger charge is -2.48. The Morgan fingerprint density at radius 1 is 0.550 bits per heavy atom. The quantitative estimate of drug-likeness (QED) is 0.131. The van der Waals surface area contributed by atoms with E-state index in [1.54, 1.807) is 0 Å². The van der Waals surface area contributed by atoms with Crippen molar-refractivity contribution in [3.8, 4) is 0 Å². The van der Waals surface area contributed by atoms with Gasteiger partial charge in [0, 0.05) is 0 Å². The second kappa shape index (κ2) is 13.3. The van der Waals surface area contributed by atoms with Crippen LogP contribution in [0.1, 0.15) is 6.92 Å². The average Bonchev–Trinajstić information content (AvgIpc) is 2.93. The van der Waals surface area contributed by atoms with E-state index in [-0.39, 0.29) is 0 Å². The van der Waals surface area contributed by atoms with Crippen LogP contribution in [0.15, 0.2) is 0 Å². The number of hydrogen-bond donors (Lipinski definition) is 11. The van der Waals surface area contributed by atoms with Gasteiger partial charge in [0.05, 0.1) is 25.9 Å². The van der Waals surface area contributed by atoms with Crippen LogP contribution < -0.4 is 0 Å². The van der Waals surface area contributed by atoms with Gasteiger partial charge in [-0.3, -0.25) is 0 Å². The minimum absolute atomic E-state index is 0.455. The average molecular weight is 591 g/mol. The Morgan fingerprint density at radius 3 is 1.82 bits per heavy atom. The number of hydrogen-bond acceptors (Lipinski definition) is 18. The minimum atomic E-state index is -1.85. The minimum Gasteiger partial charge on any atom is -0.394 e. The maximum atomic E-state index is 10.8. The van der Waals surface area contributed by atoms with Crippen molar-refractivity contribution in [2.75, 3.05) is 19.8 Å². The molecule has 4 rings (SSSR count). The SMILES string of the molecule is C[C@@H]1O[C@@H](O[C@@H]2[C@@H](O[C@@H]3O[C@H](CO)[C@@H](O)[C@H](O)[C@H]3O[C@@H]3OC[C@@H](O)[C@H](O)[C@H]3O)[C@@H](O)CO[C@H]2O)[C@H](O)[C@H](O)[C@H]1O. The van der Waals surface area contributed by atoms with Crippen LogP contribution in [0.25, 0.3) is 0 Å². The predicted octanol–water partition coefficient (Wildman–Crippen LogP) is -7.44. The molecule has 0 unspecified atom stereocenters. The molecule has 234 valence electrons. The molecule has 0 aromatic carbocycles. The van der Waals surface area contributed by atoms with Gasteiger partial charge in [-0.15, -0.1) is 0 Å². The zero-order chi connectivity index (χ0) is 29.5. The first kappa shape index (κ1) is 32.2. The van der Waals surface area contributed by atoms with E-state index in [9.17, 15) is 56.2 Å². The van der Waals surface area contributed by atoms with Gasteiger partial charge in [0.2, 0.25) is 0 Å². The van der Waals surface area contributed by atoms with E-state index in [2.05, 4.69) is 0 Å². The number of aliphatic hydroxyl groups is 11. The Morgan fingerprint density at radius 2 is 1.15 bits per heavy atom. The molecule has 18 atom stereocenters. The summed E-state index contributed by atoms with van der Waals surface area (Å²) in [5.74, 6) is 0. The van der Waals surface area contributed by atoms with E-state index in [0.717, 1.165) is 0 Å². The van der Waals surface area contributed by atoms with Crippen LogP contribution in [0.4, 0.5) is 0 Å². The standard InChI is InChI=1S/C22H38O18/c1-5-9(26)12(29)15(32)21(36-5)40-18-16(7(25)4-34-19(18)33)38-22-17(13(30)11(28)8(2-23)37-22)39-20-14(31)10(27)6(24)3-35-20/h5-33H,2-4H2,1H3/t5-,6+,7-,8+,9-,10-,11+,12+,13-,14+,15+,16-,17+,18+,19+,20-,21-,22-/m0/s1. The van der Waals surface area contributed by atoms with Gasteiger partial charge in [0.25, 0.3) is 0 Å². The Kier molecular flexibility index (Phi) is 10.7. The van der Waals surface area contributed by atoms with Crippen molar-refractivity contribution < 1.29 is 89.3 Å². The van der Waals surface area contributed by atoms with Crippen LogP contribution in [0.2, 0.25) is 0 Å². The summed E-state index contributed by atoms with van der Waals surface area (Å²) < 4.78 is 38.2. The smallest absolute Gasteiger partial charge is 0.187 e. The highest BCUT2D eigenvalue weighted by atomic mass is 16.8. The molecule has 0 amide bonds. The van der Waals surface area contributed by atoms with E-state index in [4.69, 9.17) is 33.2 Å². The normalized spacial score (nSPS) is 54.3. The van der Waals surface area contributed by atoms with Gasteiger partial charge in [0.15, 0.2) is 25.2 Å². The van der Waals surface area contributed by atoms with E-state index < -0.39 is 130 Å². The highest BCUT2D eigenvalue weighted by Crippen LogP contribution is 2.33. The van der Waals surface area contributed by atoms with Gasteiger partial charge < -0.3 is 89.3 Å². The maximum Gasteiger partial charge on any atom is 0.187 e. The lowest BCUT2D eigenvalue weighted by Crippen LogP contribution is -2.66. The molecule has 0 spiro atoms. The van der Waals surface area contributed by atoms with Gasteiger partial charge in [-0.05, 0) is 6.92 Å².